The lowest BCUT2D eigenvalue weighted by molar-refractivity contribution is -0.572. The maximum atomic E-state index is 6.55. The van der Waals surface area contributed by atoms with Gasteiger partial charge in [-0.25, -0.2) is 4.98 Å². The van der Waals surface area contributed by atoms with Crippen molar-refractivity contribution in [3.8, 4) is 28.7 Å². The van der Waals surface area contributed by atoms with Crippen molar-refractivity contribution in [2.24, 2.45) is 0 Å². The van der Waals surface area contributed by atoms with E-state index in [9.17, 15) is 0 Å². The molecule has 0 amide bonds. The van der Waals surface area contributed by atoms with E-state index in [1.807, 2.05) is 42.6 Å². The van der Waals surface area contributed by atoms with Gasteiger partial charge in [-0.15, -0.1) is 0 Å². The molecular formula is C40H32N4O. The van der Waals surface area contributed by atoms with Gasteiger partial charge in [0, 0.05) is 23.0 Å². The number of imidazole rings is 1. The fourth-order valence-corrected chi connectivity index (χ4v) is 6.11. The highest BCUT2D eigenvalue weighted by atomic mass is 16.5. The monoisotopic (exact) mass is 584 g/mol. The second-order valence-corrected chi connectivity index (χ2v) is 12.4. The molecule has 45 heavy (non-hydrogen) atoms. The molecular weight excluding hydrogens is 552 g/mol. The van der Waals surface area contributed by atoms with Crippen LogP contribution in [-0.4, -0.2) is 14.1 Å². The van der Waals surface area contributed by atoms with E-state index in [4.69, 9.17) is 9.72 Å². The molecule has 0 bridgehead atoms. The highest BCUT2D eigenvalue weighted by Crippen LogP contribution is 2.36. The van der Waals surface area contributed by atoms with Crippen LogP contribution in [0.3, 0.4) is 0 Å². The van der Waals surface area contributed by atoms with E-state index >= 15 is 0 Å². The van der Waals surface area contributed by atoms with Crippen LogP contribution in [0.1, 0.15) is 26.3 Å². The Morgan fingerprint density at radius 3 is 2.22 bits per heavy atom. The smallest absolute Gasteiger partial charge is 0.269 e. The molecule has 5 aromatic carbocycles. The molecule has 0 saturated carbocycles. The zero-order valence-electron chi connectivity index (χ0n) is 25.5. The Morgan fingerprint density at radius 1 is 0.644 bits per heavy atom. The predicted molar refractivity (Wildman–Crippen MR) is 181 cm³/mol. The maximum Gasteiger partial charge on any atom is 0.269 e. The predicted octanol–water partition coefficient (Wildman–Crippen LogP) is 9.29. The molecule has 3 heterocycles. The van der Waals surface area contributed by atoms with Gasteiger partial charge in [-0.2, -0.15) is 0 Å². The average Bonchev–Trinajstić information content (AvgIpc) is 3.61. The first-order chi connectivity index (χ1) is 21.9. The second-order valence-electron chi connectivity index (χ2n) is 12.4. The molecule has 0 saturated heterocycles. The Labute approximate surface area is 262 Å². The van der Waals surface area contributed by atoms with Crippen molar-refractivity contribution in [2.45, 2.75) is 26.2 Å². The molecule has 0 atom stereocenters. The van der Waals surface area contributed by atoms with E-state index in [0.717, 1.165) is 56.1 Å². The molecule has 0 aliphatic rings. The summed E-state index contributed by atoms with van der Waals surface area (Å²) < 4.78 is 13.0. The van der Waals surface area contributed by atoms with Gasteiger partial charge in [-0.05, 0) is 71.6 Å². The summed E-state index contributed by atoms with van der Waals surface area (Å²) in [6, 6.07) is 45.9. The van der Waals surface area contributed by atoms with Crippen molar-refractivity contribution >= 4 is 32.8 Å². The lowest BCUT2D eigenvalue weighted by Gasteiger charge is -2.20. The molecule has 8 aromatic rings. The second kappa shape index (κ2) is 10.5. The van der Waals surface area contributed by atoms with Gasteiger partial charge in [0.15, 0.2) is 0 Å². The van der Waals surface area contributed by atoms with Gasteiger partial charge in [0.2, 0.25) is 0 Å². The first kappa shape index (κ1) is 26.9. The maximum absolute atomic E-state index is 6.55. The van der Waals surface area contributed by atoms with Crippen LogP contribution < -0.4 is 9.30 Å². The lowest BCUT2D eigenvalue weighted by Crippen LogP contribution is -2.29. The van der Waals surface area contributed by atoms with Gasteiger partial charge in [-0.3, -0.25) is 13.7 Å². The Balaban J connectivity index is 1.21. The van der Waals surface area contributed by atoms with Gasteiger partial charge in [0.05, 0.1) is 33.4 Å². The van der Waals surface area contributed by atoms with Crippen LogP contribution in [0.15, 0.2) is 140 Å². The third-order valence-electron chi connectivity index (χ3n) is 8.38. The molecule has 0 aliphatic carbocycles. The molecule has 8 rings (SSSR count). The zero-order valence-corrected chi connectivity index (χ0v) is 25.5. The molecule has 218 valence electrons. The quantitative estimate of drug-likeness (QED) is 0.149. The number of para-hydroxylation sites is 4. The zero-order chi connectivity index (χ0) is 30.5. The third kappa shape index (κ3) is 4.74. The molecule has 5 heteroatoms. The van der Waals surface area contributed by atoms with Crippen molar-refractivity contribution in [3.63, 3.8) is 0 Å². The normalized spacial score (nSPS) is 11.9. The number of benzene rings is 5. The minimum atomic E-state index is 0.0125. The fraction of sp³-hybridized carbons (Fsp3) is 0.100. The largest absolute Gasteiger partial charge is 0.458 e. The SMILES string of the molecule is CC(C)(C)c1ccnc(-n2c3ccccc3c3ccc(Oc4cccc(-n5[c-][n+](-c6ccccc6)c6ccccc65)c4)cc32)c1. The highest BCUT2D eigenvalue weighted by molar-refractivity contribution is 6.09. The molecule has 0 spiro atoms. The van der Waals surface area contributed by atoms with Gasteiger partial charge < -0.3 is 4.74 Å². The van der Waals surface area contributed by atoms with E-state index < -0.39 is 0 Å². The average molecular weight is 585 g/mol. The van der Waals surface area contributed by atoms with Crippen LogP contribution in [-0.2, 0) is 5.41 Å². The molecule has 3 aromatic heterocycles. The van der Waals surface area contributed by atoms with Crippen LogP contribution in [0, 0.1) is 6.33 Å². The minimum absolute atomic E-state index is 0.0125. The van der Waals surface area contributed by atoms with E-state index in [1.54, 1.807) is 0 Å². The molecule has 5 nitrogen and oxygen atoms in total. The molecule has 0 radical (unpaired) electrons. The van der Waals surface area contributed by atoms with Crippen LogP contribution >= 0.6 is 0 Å². The van der Waals surface area contributed by atoms with E-state index in [0.29, 0.717) is 0 Å². The Kier molecular flexibility index (Phi) is 6.27. The summed E-state index contributed by atoms with van der Waals surface area (Å²) in [5, 5.41) is 2.35. The Hall–Kier alpha value is -5.68. The number of fused-ring (bicyclic) bond motifs is 4. The minimum Gasteiger partial charge on any atom is -0.458 e. The lowest BCUT2D eigenvalue weighted by atomic mass is 9.88. The number of ether oxygens (including phenoxy) is 1. The molecule has 0 aliphatic heterocycles. The van der Waals surface area contributed by atoms with E-state index in [-0.39, 0.29) is 5.41 Å². The van der Waals surface area contributed by atoms with Gasteiger partial charge in [0.1, 0.15) is 17.3 Å². The van der Waals surface area contributed by atoms with Crippen molar-refractivity contribution in [3.05, 3.63) is 152 Å². The number of hydrogen-bond acceptors (Lipinski definition) is 2. The van der Waals surface area contributed by atoms with Crippen LogP contribution in [0.4, 0.5) is 0 Å². The Morgan fingerprint density at radius 2 is 1.38 bits per heavy atom. The summed E-state index contributed by atoms with van der Waals surface area (Å²) in [4.78, 5) is 4.82. The standard InChI is InChI=1S/C40H32N4O/c1-40(2,3)28-22-23-41-39(24-28)44-35-17-8-7-16-33(35)34-21-20-32(26-38(34)44)45-31-15-11-14-30(25-31)43-27-42(29-12-5-4-6-13-29)36-18-9-10-19-37(36)43/h4-26H,1-3H3. The summed E-state index contributed by atoms with van der Waals surface area (Å²) in [6.07, 6.45) is 5.47. The number of aromatic nitrogens is 4. The first-order valence-electron chi connectivity index (χ1n) is 15.2. The van der Waals surface area contributed by atoms with Crippen LogP contribution in [0.2, 0.25) is 0 Å². The third-order valence-corrected chi connectivity index (χ3v) is 8.38. The number of pyridine rings is 1. The topological polar surface area (TPSA) is 35.9 Å². The summed E-state index contributed by atoms with van der Waals surface area (Å²) in [7, 11) is 0. The number of hydrogen-bond donors (Lipinski definition) is 0. The van der Waals surface area contributed by atoms with E-state index in [1.165, 1.54) is 10.9 Å². The van der Waals surface area contributed by atoms with Gasteiger partial charge in [-0.1, -0.05) is 87.5 Å². The highest BCUT2D eigenvalue weighted by Gasteiger charge is 2.18. The number of nitrogens with zero attached hydrogens (tertiary/aromatic N) is 4. The fourth-order valence-electron chi connectivity index (χ4n) is 6.11. The van der Waals surface area contributed by atoms with Gasteiger partial charge >= 0.3 is 0 Å². The molecule has 0 fully saturated rings. The Bertz CT molecular complexity index is 2340. The van der Waals surface area contributed by atoms with Crippen LogP contribution in [0.25, 0.3) is 50.0 Å². The summed E-state index contributed by atoms with van der Waals surface area (Å²) >= 11 is 0. The first-order valence-corrected chi connectivity index (χ1v) is 15.2. The summed E-state index contributed by atoms with van der Waals surface area (Å²) in [6.45, 7) is 6.69. The van der Waals surface area contributed by atoms with E-state index in [2.05, 4.69) is 138 Å². The van der Waals surface area contributed by atoms with Crippen molar-refractivity contribution < 1.29 is 9.30 Å². The molecule has 0 N–H and O–H groups in total. The van der Waals surface area contributed by atoms with Crippen molar-refractivity contribution in [2.75, 3.05) is 0 Å². The van der Waals surface area contributed by atoms with Crippen molar-refractivity contribution in [1.29, 1.82) is 0 Å². The summed E-state index contributed by atoms with van der Waals surface area (Å²) in [5.41, 5.74) is 7.60. The summed E-state index contributed by atoms with van der Waals surface area (Å²) in [5.74, 6) is 2.41. The van der Waals surface area contributed by atoms with Gasteiger partial charge in [0.25, 0.3) is 6.33 Å². The molecule has 0 unspecified atom stereocenters. The number of rotatable bonds is 5. The van der Waals surface area contributed by atoms with Crippen LogP contribution in [0.5, 0.6) is 11.5 Å². The van der Waals surface area contributed by atoms with Crippen molar-refractivity contribution in [1.82, 2.24) is 14.1 Å².